The molecule has 1 spiro atoms. The number of Topliss-reactive ketones (excluding diaryl/α,β-unsaturated/α-hetero) is 1. The summed E-state index contributed by atoms with van der Waals surface area (Å²) >= 11 is 1.50. The molecule has 1 aliphatic heterocycles. The van der Waals surface area contributed by atoms with Crippen molar-refractivity contribution in [2.24, 2.45) is 0 Å². The molecule has 156 valence electrons. The van der Waals surface area contributed by atoms with Crippen molar-refractivity contribution in [3.05, 3.63) is 56.8 Å². The van der Waals surface area contributed by atoms with Gasteiger partial charge in [-0.15, -0.1) is 11.3 Å². The number of carbonyl (C=O) groups excluding carboxylic acids is 4. The van der Waals surface area contributed by atoms with E-state index in [1.807, 2.05) is 38.1 Å². The number of thiophene rings is 1. The maximum Gasteiger partial charge on any atom is 0.326 e. The summed E-state index contributed by atoms with van der Waals surface area (Å²) in [4.78, 5) is 53.0. The monoisotopic (exact) mass is 426 g/mol. The van der Waals surface area contributed by atoms with Gasteiger partial charge in [-0.05, 0) is 50.3 Å². The molecule has 1 aromatic heterocycles. The van der Waals surface area contributed by atoms with E-state index in [1.54, 1.807) is 6.07 Å². The standard InChI is InChI=1S/C22H22N2O5S/c1-13-10-16(14(2)30-13)18(25)12-29-19(26)11-24-20(27)22(23-21(24)28)9-5-7-15-6-3-4-8-17(15)22/h3-4,6,8,10H,5,7,9,11-12H2,1-2H3,(H,23,28)/t22-/m1/s1. The van der Waals surface area contributed by atoms with Crippen LogP contribution in [0.1, 0.15) is 44.1 Å². The zero-order valence-electron chi connectivity index (χ0n) is 16.8. The van der Waals surface area contributed by atoms with Crippen molar-refractivity contribution in [2.75, 3.05) is 13.2 Å². The summed E-state index contributed by atoms with van der Waals surface area (Å²) in [5, 5.41) is 2.80. The lowest BCUT2D eigenvalue weighted by Crippen LogP contribution is -2.46. The highest BCUT2D eigenvalue weighted by Crippen LogP contribution is 2.39. The number of nitrogens with one attached hydrogen (secondary N) is 1. The molecule has 7 nitrogen and oxygen atoms in total. The average Bonchev–Trinajstić information content (AvgIpc) is 3.18. The molecule has 1 aliphatic carbocycles. The van der Waals surface area contributed by atoms with Crippen molar-refractivity contribution < 1.29 is 23.9 Å². The van der Waals surface area contributed by atoms with Crippen LogP contribution in [0.5, 0.6) is 0 Å². The number of esters is 1. The lowest BCUT2D eigenvalue weighted by Gasteiger charge is -2.33. The number of urea groups is 1. The molecule has 1 aromatic carbocycles. The summed E-state index contributed by atoms with van der Waals surface area (Å²) < 4.78 is 5.07. The minimum absolute atomic E-state index is 0.305. The van der Waals surface area contributed by atoms with Crippen LogP contribution in [-0.4, -0.2) is 41.7 Å². The predicted octanol–water partition coefficient (Wildman–Crippen LogP) is 2.87. The van der Waals surface area contributed by atoms with Crippen LogP contribution in [0, 0.1) is 13.8 Å². The Morgan fingerprint density at radius 1 is 1.23 bits per heavy atom. The Balaban J connectivity index is 1.44. The lowest BCUT2D eigenvalue weighted by atomic mass is 9.76. The zero-order valence-corrected chi connectivity index (χ0v) is 17.6. The highest BCUT2D eigenvalue weighted by molar-refractivity contribution is 7.12. The third-order valence-electron chi connectivity index (χ3n) is 5.64. The highest BCUT2D eigenvalue weighted by atomic mass is 32.1. The number of imide groups is 1. The lowest BCUT2D eigenvalue weighted by molar-refractivity contribution is -0.147. The predicted molar refractivity (Wildman–Crippen MR) is 110 cm³/mol. The van der Waals surface area contributed by atoms with Gasteiger partial charge in [0.1, 0.15) is 12.1 Å². The van der Waals surface area contributed by atoms with Crippen molar-refractivity contribution in [2.45, 2.75) is 38.6 Å². The van der Waals surface area contributed by atoms with Crippen molar-refractivity contribution in [3.8, 4) is 0 Å². The van der Waals surface area contributed by atoms with Gasteiger partial charge in [-0.1, -0.05) is 24.3 Å². The minimum Gasteiger partial charge on any atom is -0.456 e. The second-order valence-corrected chi connectivity index (χ2v) is 9.11. The summed E-state index contributed by atoms with van der Waals surface area (Å²) in [6, 6.07) is 8.68. The van der Waals surface area contributed by atoms with E-state index in [2.05, 4.69) is 5.32 Å². The van der Waals surface area contributed by atoms with Gasteiger partial charge in [0.05, 0.1) is 0 Å². The van der Waals surface area contributed by atoms with E-state index in [0.29, 0.717) is 12.0 Å². The van der Waals surface area contributed by atoms with Gasteiger partial charge in [0, 0.05) is 15.3 Å². The molecule has 8 heteroatoms. The Bertz CT molecular complexity index is 1060. The van der Waals surface area contributed by atoms with Crippen molar-refractivity contribution >= 4 is 35.0 Å². The fraction of sp³-hybridized carbons (Fsp3) is 0.364. The maximum absolute atomic E-state index is 13.2. The Hall–Kier alpha value is -3.00. The maximum atomic E-state index is 13.2. The van der Waals surface area contributed by atoms with Gasteiger partial charge in [-0.25, -0.2) is 4.79 Å². The van der Waals surface area contributed by atoms with Gasteiger partial charge < -0.3 is 10.1 Å². The molecular formula is C22H22N2O5S. The SMILES string of the molecule is Cc1cc(C(=O)COC(=O)CN2C(=O)N[C@@]3(CCCc4ccccc43)C2=O)c(C)s1. The number of benzene rings is 1. The summed E-state index contributed by atoms with van der Waals surface area (Å²) in [7, 11) is 0. The second-order valence-electron chi connectivity index (χ2n) is 7.65. The van der Waals surface area contributed by atoms with Crippen LogP contribution in [0.2, 0.25) is 0 Å². The number of nitrogens with zero attached hydrogens (tertiary/aromatic N) is 1. The first-order chi connectivity index (χ1) is 14.3. The normalized spacial score (nSPS) is 20.3. The van der Waals surface area contributed by atoms with Crippen molar-refractivity contribution in [3.63, 3.8) is 0 Å². The number of aryl methyl sites for hydroxylation is 3. The fourth-order valence-electron chi connectivity index (χ4n) is 4.26. The number of hydrogen-bond donors (Lipinski definition) is 1. The Morgan fingerprint density at radius 2 is 2.00 bits per heavy atom. The molecule has 1 saturated heterocycles. The van der Waals surface area contributed by atoms with Crippen LogP contribution in [0.4, 0.5) is 4.79 Å². The first-order valence-electron chi connectivity index (χ1n) is 9.80. The number of ketones is 1. The van der Waals surface area contributed by atoms with Crippen LogP contribution in [0.15, 0.2) is 30.3 Å². The van der Waals surface area contributed by atoms with E-state index in [1.165, 1.54) is 11.3 Å². The molecule has 1 atom stereocenters. The van der Waals surface area contributed by atoms with E-state index in [-0.39, 0.29) is 5.78 Å². The number of rotatable bonds is 5. The van der Waals surface area contributed by atoms with Crippen molar-refractivity contribution in [1.82, 2.24) is 10.2 Å². The van der Waals surface area contributed by atoms with Crippen LogP contribution < -0.4 is 5.32 Å². The molecule has 30 heavy (non-hydrogen) atoms. The molecular weight excluding hydrogens is 404 g/mol. The van der Waals surface area contributed by atoms with Crippen LogP contribution >= 0.6 is 11.3 Å². The number of fused-ring (bicyclic) bond motifs is 2. The topological polar surface area (TPSA) is 92.8 Å². The molecule has 0 bridgehead atoms. The number of carbonyl (C=O) groups is 4. The summed E-state index contributed by atoms with van der Waals surface area (Å²) in [6.07, 6.45) is 2.08. The molecule has 0 radical (unpaired) electrons. The quantitative estimate of drug-likeness (QED) is 0.451. The zero-order chi connectivity index (χ0) is 21.5. The van der Waals surface area contributed by atoms with Crippen LogP contribution in [-0.2, 0) is 26.3 Å². The summed E-state index contributed by atoms with van der Waals surface area (Å²) in [6.45, 7) is 2.79. The van der Waals surface area contributed by atoms with E-state index >= 15 is 0 Å². The summed E-state index contributed by atoms with van der Waals surface area (Å²) in [5.74, 6) is -1.55. The van der Waals surface area contributed by atoms with Gasteiger partial charge in [0.2, 0.25) is 5.78 Å². The van der Waals surface area contributed by atoms with Gasteiger partial charge in [-0.2, -0.15) is 0 Å². The molecule has 2 heterocycles. The van der Waals surface area contributed by atoms with E-state index in [4.69, 9.17) is 4.74 Å². The minimum atomic E-state index is -1.13. The summed E-state index contributed by atoms with van der Waals surface area (Å²) in [5.41, 5.74) is 1.20. The third kappa shape index (κ3) is 3.41. The number of ether oxygens (including phenoxy) is 1. The van der Waals surface area contributed by atoms with E-state index < -0.39 is 36.6 Å². The molecule has 1 fully saturated rings. The van der Waals surface area contributed by atoms with E-state index in [0.717, 1.165) is 38.6 Å². The Labute approximate surface area is 178 Å². The van der Waals surface area contributed by atoms with Crippen molar-refractivity contribution in [1.29, 1.82) is 0 Å². The molecule has 4 rings (SSSR count). The largest absolute Gasteiger partial charge is 0.456 e. The van der Waals surface area contributed by atoms with Gasteiger partial charge in [-0.3, -0.25) is 19.3 Å². The van der Waals surface area contributed by atoms with Gasteiger partial charge >= 0.3 is 12.0 Å². The third-order valence-corrected chi connectivity index (χ3v) is 6.61. The van der Waals surface area contributed by atoms with E-state index in [9.17, 15) is 19.2 Å². The van der Waals surface area contributed by atoms with Crippen LogP contribution in [0.3, 0.4) is 0 Å². The Morgan fingerprint density at radius 3 is 2.73 bits per heavy atom. The number of amides is 3. The second kappa shape index (κ2) is 7.68. The Kier molecular flexibility index (Phi) is 5.19. The van der Waals surface area contributed by atoms with Crippen LogP contribution in [0.25, 0.3) is 0 Å². The average molecular weight is 426 g/mol. The smallest absolute Gasteiger partial charge is 0.326 e. The first kappa shape index (κ1) is 20.3. The van der Waals surface area contributed by atoms with Gasteiger partial charge in [0.15, 0.2) is 6.61 Å². The molecule has 1 N–H and O–H groups in total. The molecule has 2 aliphatic rings. The molecule has 2 aromatic rings. The molecule has 3 amide bonds. The fourth-order valence-corrected chi connectivity index (χ4v) is 5.20. The number of hydrogen-bond acceptors (Lipinski definition) is 6. The van der Waals surface area contributed by atoms with Gasteiger partial charge in [0.25, 0.3) is 5.91 Å². The first-order valence-corrected chi connectivity index (χ1v) is 10.6. The molecule has 0 saturated carbocycles. The molecule has 0 unspecified atom stereocenters. The highest BCUT2D eigenvalue weighted by Gasteiger charge is 2.54.